The van der Waals surface area contributed by atoms with Crippen molar-refractivity contribution in [3.05, 3.63) is 66.6 Å². The van der Waals surface area contributed by atoms with Crippen molar-refractivity contribution in [2.45, 2.75) is 38.4 Å². The van der Waals surface area contributed by atoms with Gasteiger partial charge in [-0.1, -0.05) is 18.0 Å². The second kappa shape index (κ2) is 9.99. The van der Waals surface area contributed by atoms with E-state index >= 15 is 0 Å². The van der Waals surface area contributed by atoms with Gasteiger partial charge in [0.25, 0.3) is 0 Å². The number of rotatable bonds is 8. The predicted octanol–water partition coefficient (Wildman–Crippen LogP) is 4.66. The van der Waals surface area contributed by atoms with Gasteiger partial charge in [0, 0.05) is 78.9 Å². The van der Waals surface area contributed by atoms with E-state index in [2.05, 4.69) is 85.2 Å². The van der Waals surface area contributed by atoms with Crippen molar-refractivity contribution < 1.29 is 0 Å². The molecule has 0 amide bonds. The van der Waals surface area contributed by atoms with Gasteiger partial charge >= 0.3 is 0 Å². The maximum atomic E-state index is 4.87. The lowest BCUT2D eigenvalue weighted by Gasteiger charge is -2.33. The standard InChI is InChI=1S/C27H32N8S/c1-19-17-33(15-13-28-19)23-7-5-22(6-8-23)31-27-30-16-20-11-14-34(26(20)32-27)18-21-4-3-12-29-25(21)35(36-2)24-9-10-24/h3-8,11-12,14,16,19,24,28H,9-10,13,15,17-18H2,1-2H3,(H,30,31,32). The molecule has 2 aliphatic rings. The van der Waals surface area contributed by atoms with Crippen LogP contribution in [0, 0.1) is 0 Å². The SMILES string of the molecule is CSN(c1ncccc1Cn1ccc2cnc(Nc3ccc(N4CCNC(C)C4)cc3)nc21)C1CC1. The predicted molar refractivity (Wildman–Crippen MR) is 149 cm³/mol. The molecule has 6 rings (SSSR count). The third-order valence-corrected chi connectivity index (χ3v) is 7.72. The van der Waals surface area contributed by atoms with Crippen LogP contribution in [0.1, 0.15) is 25.3 Å². The largest absolute Gasteiger partial charge is 0.369 e. The van der Waals surface area contributed by atoms with Gasteiger partial charge in [-0.05, 0) is 56.2 Å². The molecule has 1 atom stereocenters. The van der Waals surface area contributed by atoms with E-state index in [0.29, 0.717) is 24.6 Å². The van der Waals surface area contributed by atoms with Crippen molar-refractivity contribution in [1.29, 1.82) is 0 Å². The number of pyridine rings is 1. The molecule has 1 saturated carbocycles. The van der Waals surface area contributed by atoms with Crippen molar-refractivity contribution in [3.63, 3.8) is 0 Å². The Bertz CT molecular complexity index is 1330. The molecule has 2 fully saturated rings. The van der Waals surface area contributed by atoms with Crippen LogP contribution in [0.25, 0.3) is 11.0 Å². The number of anilines is 4. The van der Waals surface area contributed by atoms with Gasteiger partial charge in [0.2, 0.25) is 5.95 Å². The summed E-state index contributed by atoms with van der Waals surface area (Å²) in [6.07, 6.45) is 10.5. The number of fused-ring (bicyclic) bond motifs is 1. The first kappa shape index (κ1) is 23.1. The first-order valence-corrected chi connectivity index (χ1v) is 13.8. The second-order valence-corrected chi connectivity index (χ2v) is 10.4. The summed E-state index contributed by atoms with van der Waals surface area (Å²) in [4.78, 5) is 16.6. The Kier molecular flexibility index (Phi) is 6.41. The molecule has 1 unspecified atom stereocenters. The Balaban J connectivity index is 1.21. The maximum absolute atomic E-state index is 4.87. The van der Waals surface area contributed by atoms with Gasteiger partial charge in [0.1, 0.15) is 11.5 Å². The molecule has 1 aliphatic carbocycles. The minimum Gasteiger partial charge on any atom is -0.369 e. The molecule has 8 nitrogen and oxygen atoms in total. The van der Waals surface area contributed by atoms with Gasteiger partial charge in [-0.2, -0.15) is 4.98 Å². The van der Waals surface area contributed by atoms with Crippen LogP contribution in [0.2, 0.25) is 0 Å². The molecule has 3 aromatic heterocycles. The number of aromatic nitrogens is 4. The van der Waals surface area contributed by atoms with E-state index < -0.39 is 0 Å². The summed E-state index contributed by atoms with van der Waals surface area (Å²) >= 11 is 1.76. The second-order valence-electron chi connectivity index (χ2n) is 9.61. The summed E-state index contributed by atoms with van der Waals surface area (Å²) in [7, 11) is 0. The Morgan fingerprint density at radius 2 is 2.00 bits per heavy atom. The Labute approximate surface area is 216 Å². The fraction of sp³-hybridized carbons (Fsp3) is 0.370. The van der Waals surface area contributed by atoms with E-state index in [-0.39, 0.29) is 0 Å². The molecule has 0 bridgehead atoms. The number of nitrogens with zero attached hydrogens (tertiary/aromatic N) is 6. The highest BCUT2D eigenvalue weighted by Gasteiger charge is 2.31. The molecule has 1 aliphatic heterocycles. The van der Waals surface area contributed by atoms with Gasteiger partial charge in [0.15, 0.2) is 0 Å². The number of hydrogen-bond acceptors (Lipinski definition) is 8. The molecule has 4 aromatic rings. The number of hydrogen-bond donors (Lipinski definition) is 2. The molecule has 1 saturated heterocycles. The van der Waals surface area contributed by atoms with E-state index in [0.717, 1.165) is 42.2 Å². The number of nitrogens with one attached hydrogen (secondary N) is 2. The molecular formula is C27H32N8S. The lowest BCUT2D eigenvalue weighted by molar-refractivity contribution is 0.485. The van der Waals surface area contributed by atoms with Gasteiger partial charge in [-0.25, -0.2) is 9.97 Å². The van der Waals surface area contributed by atoms with E-state index in [1.165, 1.54) is 24.1 Å². The first-order chi connectivity index (χ1) is 17.7. The van der Waals surface area contributed by atoms with E-state index in [4.69, 9.17) is 9.97 Å². The fourth-order valence-electron chi connectivity index (χ4n) is 4.86. The third-order valence-electron chi connectivity index (χ3n) is 6.85. The van der Waals surface area contributed by atoms with Gasteiger partial charge in [-0.15, -0.1) is 0 Å². The quantitative estimate of drug-likeness (QED) is 0.338. The monoisotopic (exact) mass is 500 g/mol. The molecule has 36 heavy (non-hydrogen) atoms. The highest BCUT2D eigenvalue weighted by molar-refractivity contribution is 8.00. The lowest BCUT2D eigenvalue weighted by Crippen LogP contribution is -2.49. The minimum atomic E-state index is 0.508. The Morgan fingerprint density at radius 1 is 1.14 bits per heavy atom. The van der Waals surface area contributed by atoms with Crippen LogP contribution in [0.15, 0.2) is 61.1 Å². The van der Waals surface area contributed by atoms with Crippen LogP contribution in [0.4, 0.5) is 23.1 Å². The topological polar surface area (TPSA) is 74.1 Å². The third kappa shape index (κ3) is 4.85. The van der Waals surface area contributed by atoms with E-state index in [1.54, 1.807) is 11.9 Å². The molecule has 9 heteroatoms. The van der Waals surface area contributed by atoms with Gasteiger partial charge < -0.3 is 20.1 Å². The van der Waals surface area contributed by atoms with Crippen LogP contribution in [0.3, 0.4) is 0 Å². The molecule has 0 spiro atoms. The van der Waals surface area contributed by atoms with Crippen molar-refractivity contribution >= 4 is 46.1 Å². The van der Waals surface area contributed by atoms with Crippen LogP contribution in [-0.4, -0.2) is 57.5 Å². The van der Waals surface area contributed by atoms with E-state index in [9.17, 15) is 0 Å². The molecule has 1 aromatic carbocycles. The zero-order valence-corrected chi connectivity index (χ0v) is 21.6. The molecule has 186 valence electrons. The van der Waals surface area contributed by atoms with Crippen LogP contribution in [0.5, 0.6) is 0 Å². The normalized spacial score (nSPS) is 17.9. The number of piperazine rings is 1. The summed E-state index contributed by atoms with van der Waals surface area (Å²) in [6, 6.07) is 15.9. The van der Waals surface area contributed by atoms with Crippen LogP contribution >= 0.6 is 11.9 Å². The molecule has 4 heterocycles. The van der Waals surface area contributed by atoms with Gasteiger partial charge in [-0.3, -0.25) is 4.31 Å². The average Bonchev–Trinajstić information content (AvgIpc) is 3.67. The van der Waals surface area contributed by atoms with Crippen molar-refractivity contribution in [1.82, 2.24) is 24.8 Å². The van der Waals surface area contributed by atoms with Crippen LogP contribution in [-0.2, 0) is 6.54 Å². The summed E-state index contributed by atoms with van der Waals surface area (Å²) in [5.41, 5.74) is 4.34. The van der Waals surface area contributed by atoms with Crippen LogP contribution < -0.4 is 19.8 Å². The van der Waals surface area contributed by atoms with E-state index in [1.807, 2.05) is 18.5 Å². The van der Waals surface area contributed by atoms with Crippen molar-refractivity contribution in [2.24, 2.45) is 0 Å². The number of benzene rings is 1. The van der Waals surface area contributed by atoms with Crippen molar-refractivity contribution in [3.8, 4) is 0 Å². The summed E-state index contributed by atoms with van der Waals surface area (Å²) in [6.45, 7) is 6.02. The van der Waals surface area contributed by atoms with Crippen molar-refractivity contribution in [2.75, 3.05) is 40.4 Å². The summed E-state index contributed by atoms with van der Waals surface area (Å²) in [5.74, 6) is 1.65. The zero-order valence-electron chi connectivity index (χ0n) is 20.8. The Hall–Kier alpha value is -3.30. The Morgan fingerprint density at radius 3 is 2.78 bits per heavy atom. The summed E-state index contributed by atoms with van der Waals surface area (Å²) in [5, 5.41) is 7.91. The van der Waals surface area contributed by atoms with Gasteiger partial charge in [0.05, 0.1) is 6.54 Å². The highest BCUT2D eigenvalue weighted by atomic mass is 32.2. The minimum absolute atomic E-state index is 0.508. The summed E-state index contributed by atoms with van der Waals surface area (Å²) < 4.78 is 4.54. The maximum Gasteiger partial charge on any atom is 0.229 e. The first-order valence-electron chi connectivity index (χ1n) is 12.6. The fourth-order valence-corrected chi connectivity index (χ4v) is 5.71. The smallest absolute Gasteiger partial charge is 0.229 e. The zero-order chi connectivity index (χ0) is 24.5. The highest BCUT2D eigenvalue weighted by Crippen LogP contribution is 2.37. The molecule has 0 radical (unpaired) electrons. The molecular weight excluding hydrogens is 468 g/mol. The average molecular weight is 501 g/mol. The molecule has 2 N–H and O–H groups in total. The lowest BCUT2D eigenvalue weighted by atomic mass is 10.2.